The van der Waals surface area contributed by atoms with Crippen LogP contribution in [0.1, 0.15) is 15.9 Å². The lowest BCUT2D eigenvalue weighted by atomic mass is 10.1. The average molecular weight is 319 g/mol. The van der Waals surface area contributed by atoms with Gasteiger partial charge >= 0.3 is 0 Å². The second kappa shape index (κ2) is 5.68. The summed E-state index contributed by atoms with van der Waals surface area (Å²) in [5.41, 5.74) is 1.42. The smallest absolute Gasteiger partial charge is 0.251 e. The van der Waals surface area contributed by atoms with Crippen molar-refractivity contribution >= 4 is 15.7 Å². The van der Waals surface area contributed by atoms with Gasteiger partial charge in [0.2, 0.25) is 0 Å². The molecule has 1 atom stereocenters. The van der Waals surface area contributed by atoms with E-state index < -0.39 is 15.9 Å². The molecule has 0 fully saturated rings. The monoisotopic (exact) mass is 319 g/mol. The average Bonchev–Trinajstić information content (AvgIpc) is 3.09. The van der Waals surface area contributed by atoms with Gasteiger partial charge in [-0.1, -0.05) is 12.1 Å². The fourth-order valence-electron chi connectivity index (χ4n) is 2.12. The molecule has 3 rings (SSSR count). The molecule has 2 aromatic rings. The molecular formula is C13H13N5O3S. The van der Waals surface area contributed by atoms with Crippen molar-refractivity contribution in [3.8, 4) is 0 Å². The summed E-state index contributed by atoms with van der Waals surface area (Å²) in [5.74, 6) is -0.392. The first-order chi connectivity index (χ1) is 10.5. The zero-order chi connectivity index (χ0) is 15.6. The number of nitrogens with zero attached hydrogens (tertiary/aromatic N) is 4. The van der Waals surface area contributed by atoms with Gasteiger partial charge in [0.05, 0.1) is 18.3 Å². The van der Waals surface area contributed by atoms with Crippen molar-refractivity contribution in [1.82, 2.24) is 25.5 Å². The van der Waals surface area contributed by atoms with Crippen LogP contribution in [-0.4, -0.2) is 46.3 Å². The first kappa shape index (κ1) is 14.4. The van der Waals surface area contributed by atoms with Crippen molar-refractivity contribution in [3.63, 3.8) is 0 Å². The highest BCUT2D eigenvalue weighted by atomic mass is 32.2. The van der Waals surface area contributed by atoms with E-state index in [1.54, 1.807) is 28.9 Å². The van der Waals surface area contributed by atoms with Gasteiger partial charge in [-0.3, -0.25) is 4.79 Å². The molecular weight excluding hydrogens is 306 g/mol. The van der Waals surface area contributed by atoms with Gasteiger partial charge in [0.1, 0.15) is 6.33 Å². The number of tetrazole rings is 1. The summed E-state index contributed by atoms with van der Waals surface area (Å²) < 4.78 is 24.2. The normalized spacial score (nSPS) is 19.2. The number of nitrogens with one attached hydrogen (secondary N) is 1. The first-order valence-electron chi connectivity index (χ1n) is 6.53. The van der Waals surface area contributed by atoms with Crippen LogP contribution in [0.2, 0.25) is 0 Å². The topological polar surface area (TPSA) is 107 Å². The molecule has 0 saturated heterocycles. The molecule has 1 amide bonds. The Morgan fingerprint density at radius 3 is 2.68 bits per heavy atom. The molecule has 0 saturated carbocycles. The molecule has 1 aromatic carbocycles. The van der Waals surface area contributed by atoms with Crippen LogP contribution >= 0.6 is 0 Å². The summed E-state index contributed by atoms with van der Waals surface area (Å²) in [4.78, 5) is 12.1. The third kappa shape index (κ3) is 3.37. The largest absolute Gasteiger partial charge is 0.345 e. The highest BCUT2D eigenvalue weighted by Crippen LogP contribution is 2.10. The zero-order valence-electron chi connectivity index (χ0n) is 11.5. The van der Waals surface area contributed by atoms with Crippen LogP contribution in [-0.2, 0) is 16.4 Å². The van der Waals surface area contributed by atoms with Crippen molar-refractivity contribution in [2.75, 3.05) is 5.75 Å². The Bertz CT molecular complexity index is 797. The Labute approximate surface area is 126 Å². The lowest BCUT2D eigenvalue weighted by molar-refractivity contribution is 0.0947. The van der Waals surface area contributed by atoms with Crippen LogP contribution in [0.4, 0.5) is 0 Å². The number of carbonyl (C=O) groups excluding carboxylic acids is 1. The summed E-state index contributed by atoms with van der Waals surface area (Å²) in [7, 11) is -3.18. The van der Waals surface area contributed by atoms with E-state index in [9.17, 15) is 13.2 Å². The molecule has 0 spiro atoms. The molecule has 22 heavy (non-hydrogen) atoms. The van der Waals surface area contributed by atoms with Crippen LogP contribution in [0.25, 0.3) is 0 Å². The Morgan fingerprint density at radius 2 is 2.09 bits per heavy atom. The van der Waals surface area contributed by atoms with E-state index >= 15 is 0 Å². The second-order valence-electron chi connectivity index (χ2n) is 4.94. The first-order valence-corrected chi connectivity index (χ1v) is 8.25. The predicted molar refractivity (Wildman–Crippen MR) is 77.5 cm³/mol. The molecule has 1 aromatic heterocycles. The molecule has 9 heteroatoms. The number of amides is 1. The number of carbonyl (C=O) groups is 1. The third-order valence-corrected chi connectivity index (χ3v) is 4.59. The highest BCUT2D eigenvalue weighted by molar-refractivity contribution is 7.94. The predicted octanol–water partition coefficient (Wildman–Crippen LogP) is -0.238. The van der Waals surface area contributed by atoms with Gasteiger partial charge in [-0.2, -0.15) is 0 Å². The molecule has 1 aliphatic rings. The summed E-state index contributed by atoms with van der Waals surface area (Å²) in [6.45, 7) is 0.512. The van der Waals surface area contributed by atoms with E-state index in [4.69, 9.17) is 0 Å². The molecule has 2 heterocycles. The molecule has 0 bridgehead atoms. The zero-order valence-corrected chi connectivity index (χ0v) is 12.3. The maximum absolute atomic E-state index is 12.1. The second-order valence-corrected chi connectivity index (χ2v) is 6.87. The van der Waals surface area contributed by atoms with Crippen molar-refractivity contribution in [3.05, 3.63) is 53.2 Å². The Hall–Kier alpha value is -2.55. The van der Waals surface area contributed by atoms with Gasteiger partial charge in [0, 0.05) is 11.0 Å². The van der Waals surface area contributed by atoms with Gasteiger partial charge in [0.25, 0.3) is 5.91 Å². The van der Waals surface area contributed by atoms with Gasteiger partial charge < -0.3 is 5.32 Å². The Morgan fingerprint density at radius 1 is 1.32 bits per heavy atom. The SMILES string of the molecule is O=C(N[C@@H]1C=CS(=O)(=O)C1)c1ccc(Cn2cnnn2)cc1. The molecule has 1 N–H and O–H groups in total. The van der Waals surface area contributed by atoms with Crippen LogP contribution in [0.5, 0.6) is 0 Å². The van der Waals surface area contributed by atoms with E-state index in [2.05, 4.69) is 20.8 Å². The van der Waals surface area contributed by atoms with E-state index in [1.807, 2.05) is 0 Å². The van der Waals surface area contributed by atoms with Crippen LogP contribution < -0.4 is 5.32 Å². The van der Waals surface area contributed by atoms with Crippen molar-refractivity contribution in [2.45, 2.75) is 12.6 Å². The molecule has 1 aliphatic heterocycles. The van der Waals surface area contributed by atoms with Gasteiger partial charge in [-0.25, -0.2) is 13.1 Å². The number of benzene rings is 1. The van der Waals surface area contributed by atoms with Crippen molar-refractivity contribution in [1.29, 1.82) is 0 Å². The van der Waals surface area contributed by atoms with Crippen LogP contribution in [0.15, 0.2) is 42.1 Å². The summed E-state index contributed by atoms with van der Waals surface area (Å²) >= 11 is 0. The van der Waals surface area contributed by atoms with E-state index in [0.717, 1.165) is 11.0 Å². The number of hydrogen-bond donors (Lipinski definition) is 1. The van der Waals surface area contributed by atoms with E-state index in [0.29, 0.717) is 12.1 Å². The standard InChI is InChI=1S/C13H13N5O3S/c19-13(15-12-5-6-22(20,21)8-12)11-3-1-10(2-4-11)7-18-9-14-16-17-18/h1-6,9,12H,7-8H2,(H,15,19)/t12-/m1/s1. The quantitative estimate of drug-likeness (QED) is 0.833. The van der Waals surface area contributed by atoms with Crippen LogP contribution in [0.3, 0.4) is 0 Å². The Kier molecular flexibility index (Phi) is 3.72. The lowest BCUT2D eigenvalue weighted by Gasteiger charge is -2.10. The van der Waals surface area contributed by atoms with Gasteiger partial charge in [-0.15, -0.1) is 5.10 Å². The highest BCUT2D eigenvalue weighted by Gasteiger charge is 2.23. The van der Waals surface area contributed by atoms with Crippen molar-refractivity contribution < 1.29 is 13.2 Å². The summed E-state index contributed by atoms with van der Waals surface area (Å²) in [5, 5.41) is 14.7. The molecule has 0 unspecified atom stereocenters. The minimum atomic E-state index is -3.18. The summed E-state index contributed by atoms with van der Waals surface area (Å²) in [6.07, 6.45) is 2.99. The number of sulfone groups is 1. The number of hydrogen-bond acceptors (Lipinski definition) is 6. The van der Waals surface area contributed by atoms with Gasteiger partial charge in [-0.05, 0) is 34.2 Å². The van der Waals surface area contributed by atoms with E-state index in [1.165, 1.54) is 12.4 Å². The lowest BCUT2D eigenvalue weighted by Crippen LogP contribution is -2.35. The minimum absolute atomic E-state index is 0.0872. The molecule has 8 nitrogen and oxygen atoms in total. The molecule has 0 radical (unpaired) electrons. The maximum atomic E-state index is 12.1. The fourth-order valence-corrected chi connectivity index (χ4v) is 3.35. The van der Waals surface area contributed by atoms with E-state index in [-0.39, 0.29) is 11.7 Å². The Balaban J connectivity index is 1.63. The summed E-state index contributed by atoms with van der Waals surface area (Å²) in [6, 6.07) is 6.50. The molecule has 114 valence electrons. The fraction of sp³-hybridized carbons (Fsp3) is 0.231. The maximum Gasteiger partial charge on any atom is 0.251 e. The minimum Gasteiger partial charge on any atom is -0.345 e. The number of rotatable bonds is 4. The molecule has 0 aliphatic carbocycles. The van der Waals surface area contributed by atoms with Crippen molar-refractivity contribution in [2.24, 2.45) is 0 Å². The van der Waals surface area contributed by atoms with Crippen LogP contribution in [0, 0.1) is 0 Å². The van der Waals surface area contributed by atoms with Gasteiger partial charge in [0.15, 0.2) is 9.84 Å². The number of aromatic nitrogens is 4. The third-order valence-electron chi connectivity index (χ3n) is 3.20.